The second kappa shape index (κ2) is 11.9. The summed E-state index contributed by atoms with van der Waals surface area (Å²) < 4.78 is 10.9. The number of benzene rings is 2. The Bertz CT molecular complexity index is 1030. The first-order chi connectivity index (χ1) is 15.9. The maximum Gasteiger partial charge on any atom is 0.322 e. The summed E-state index contributed by atoms with van der Waals surface area (Å²) in [7, 11) is 1.57. The van der Waals surface area contributed by atoms with Crippen molar-refractivity contribution in [3.63, 3.8) is 0 Å². The topological polar surface area (TPSA) is 75.0 Å². The Morgan fingerprint density at radius 3 is 2.27 bits per heavy atom. The highest BCUT2D eigenvalue weighted by atomic mass is 16.5. The number of carbonyl (C=O) groups excluding carboxylic acids is 2. The van der Waals surface area contributed by atoms with E-state index in [0.717, 1.165) is 16.9 Å². The van der Waals surface area contributed by atoms with Crippen LogP contribution in [0.3, 0.4) is 0 Å². The van der Waals surface area contributed by atoms with Gasteiger partial charge >= 0.3 is 6.03 Å². The second-order valence-electron chi connectivity index (χ2n) is 7.96. The highest BCUT2D eigenvalue weighted by Crippen LogP contribution is 2.15. The van der Waals surface area contributed by atoms with Crippen molar-refractivity contribution in [3.8, 4) is 0 Å². The summed E-state index contributed by atoms with van der Waals surface area (Å²) in [5, 5.41) is 2.87. The summed E-state index contributed by atoms with van der Waals surface area (Å²) in [5.74, 6) is 1.31. The number of furan rings is 1. The number of amides is 3. The van der Waals surface area contributed by atoms with E-state index in [1.54, 1.807) is 12.0 Å². The zero-order chi connectivity index (χ0) is 23.6. The first-order valence-electron chi connectivity index (χ1n) is 10.9. The number of methoxy groups -OCH3 is 1. The van der Waals surface area contributed by atoms with Crippen molar-refractivity contribution in [1.82, 2.24) is 9.80 Å². The van der Waals surface area contributed by atoms with Crippen LogP contribution in [0, 0.1) is 13.8 Å². The Balaban J connectivity index is 1.74. The molecule has 3 rings (SSSR count). The molecule has 0 atom stereocenters. The Morgan fingerprint density at radius 2 is 1.64 bits per heavy atom. The number of nitrogens with one attached hydrogen (secondary N) is 1. The normalized spacial score (nSPS) is 10.6. The number of nitrogens with zero attached hydrogens (tertiary/aromatic N) is 2. The maximum absolute atomic E-state index is 13.4. The number of hydrogen-bond acceptors (Lipinski definition) is 4. The maximum atomic E-state index is 13.4. The molecule has 2 aromatic carbocycles. The van der Waals surface area contributed by atoms with Crippen LogP contribution in [0.5, 0.6) is 0 Å². The molecule has 0 radical (unpaired) electrons. The van der Waals surface area contributed by atoms with E-state index in [1.807, 2.05) is 80.6 Å². The monoisotopic (exact) mass is 449 g/mol. The zero-order valence-electron chi connectivity index (χ0n) is 19.4. The van der Waals surface area contributed by atoms with E-state index in [2.05, 4.69) is 5.32 Å². The van der Waals surface area contributed by atoms with Crippen LogP contribution >= 0.6 is 0 Å². The lowest BCUT2D eigenvalue weighted by Crippen LogP contribution is -2.45. The highest BCUT2D eigenvalue weighted by Gasteiger charge is 2.22. The molecule has 0 bridgehead atoms. The second-order valence-corrected chi connectivity index (χ2v) is 7.96. The largest absolute Gasteiger partial charge is 0.464 e. The number of urea groups is 1. The number of carbonyl (C=O) groups is 2. The van der Waals surface area contributed by atoms with Crippen LogP contribution in [0.15, 0.2) is 71.1 Å². The molecule has 7 heteroatoms. The fourth-order valence-electron chi connectivity index (χ4n) is 3.35. The molecule has 0 spiro atoms. The van der Waals surface area contributed by atoms with Crippen LogP contribution < -0.4 is 5.32 Å². The minimum absolute atomic E-state index is 0.0758. The smallest absolute Gasteiger partial charge is 0.322 e. The van der Waals surface area contributed by atoms with Crippen LogP contribution in [0.2, 0.25) is 0 Å². The van der Waals surface area contributed by atoms with E-state index in [0.29, 0.717) is 37.7 Å². The van der Waals surface area contributed by atoms with Gasteiger partial charge in [-0.25, -0.2) is 4.79 Å². The van der Waals surface area contributed by atoms with Gasteiger partial charge in [0.15, 0.2) is 0 Å². The molecule has 0 aliphatic heterocycles. The number of aryl methyl sites for hydroxylation is 2. The summed E-state index contributed by atoms with van der Waals surface area (Å²) >= 11 is 0. The Morgan fingerprint density at radius 1 is 0.909 bits per heavy atom. The predicted octanol–water partition coefficient (Wildman–Crippen LogP) is 4.61. The molecule has 7 nitrogen and oxygen atoms in total. The number of anilines is 1. The van der Waals surface area contributed by atoms with Crippen LogP contribution in [-0.2, 0) is 22.6 Å². The summed E-state index contributed by atoms with van der Waals surface area (Å²) in [6.45, 7) is 5.12. The van der Waals surface area contributed by atoms with Crippen molar-refractivity contribution >= 4 is 17.6 Å². The van der Waals surface area contributed by atoms with Gasteiger partial charge < -0.3 is 24.3 Å². The van der Waals surface area contributed by atoms with Crippen molar-refractivity contribution in [3.05, 3.63) is 89.4 Å². The van der Waals surface area contributed by atoms with Gasteiger partial charge in [-0.2, -0.15) is 0 Å². The Labute approximate surface area is 194 Å². The third-order valence-electron chi connectivity index (χ3n) is 5.19. The van der Waals surface area contributed by atoms with Gasteiger partial charge in [0.25, 0.3) is 0 Å². The van der Waals surface area contributed by atoms with Gasteiger partial charge in [-0.15, -0.1) is 0 Å². The average molecular weight is 450 g/mol. The molecule has 0 fully saturated rings. The molecule has 174 valence electrons. The number of ether oxygens (including phenoxy) is 1. The van der Waals surface area contributed by atoms with E-state index in [9.17, 15) is 9.59 Å². The predicted molar refractivity (Wildman–Crippen MR) is 128 cm³/mol. The van der Waals surface area contributed by atoms with E-state index in [1.165, 1.54) is 4.90 Å². The number of hydrogen-bond donors (Lipinski definition) is 1. The minimum Gasteiger partial charge on any atom is -0.464 e. The molecule has 1 N–H and O–H groups in total. The summed E-state index contributed by atoms with van der Waals surface area (Å²) in [6, 6.07) is 20.7. The van der Waals surface area contributed by atoms with Gasteiger partial charge in [-0.3, -0.25) is 4.79 Å². The molecule has 0 saturated carbocycles. The lowest BCUT2D eigenvalue weighted by atomic mass is 10.2. The molecule has 1 heterocycles. The van der Waals surface area contributed by atoms with Crippen molar-refractivity contribution in [1.29, 1.82) is 0 Å². The third kappa shape index (κ3) is 7.50. The summed E-state index contributed by atoms with van der Waals surface area (Å²) in [4.78, 5) is 29.5. The van der Waals surface area contributed by atoms with E-state index in [4.69, 9.17) is 9.15 Å². The van der Waals surface area contributed by atoms with E-state index >= 15 is 0 Å². The first-order valence-corrected chi connectivity index (χ1v) is 10.9. The lowest BCUT2D eigenvalue weighted by molar-refractivity contribution is -0.133. The van der Waals surface area contributed by atoms with E-state index < -0.39 is 0 Å². The molecular weight excluding hydrogens is 418 g/mol. The molecule has 3 amide bonds. The van der Waals surface area contributed by atoms with Gasteiger partial charge in [-0.05, 0) is 43.7 Å². The first kappa shape index (κ1) is 24.1. The molecule has 33 heavy (non-hydrogen) atoms. The highest BCUT2D eigenvalue weighted by molar-refractivity contribution is 5.92. The van der Waals surface area contributed by atoms with Gasteiger partial charge in [-0.1, -0.05) is 48.0 Å². The minimum atomic E-state index is -0.349. The van der Waals surface area contributed by atoms with Crippen LogP contribution in [-0.4, -0.2) is 48.5 Å². The fourth-order valence-corrected chi connectivity index (χ4v) is 3.35. The molecule has 3 aromatic rings. The summed E-state index contributed by atoms with van der Waals surface area (Å²) in [6.07, 6.45) is 0. The Kier molecular flexibility index (Phi) is 8.66. The van der Waals surface area contributed by atoms with Crippen LogP contribution in [0.25, 0.3) is 0 Å². The quantitative estimate of drug-likeness (QED) is 0.491. The van der Waals surface area contributed by atoms with Gasteiger partial charge in [0, 0.05) is 25.9 Å². The van der Waals surface area contributed by atoms with Crippen molar-refractivity contribution in [2.75, 3.05) is 32.1 Å². The van der Waals surface area contributed by atoms with Gasteiger partial charge in [0.2, 0.25) is 5.91 Å². The molecular formula is C26H31N3O4. The molecule has 0 unspecified atom stereocenters. The van der Waals surface area contributed by atoms with Crippen LogP contribution in [0.1, 0.15) is 22.6 Å². The fraction of sp³-hybridized carbons (Fsp3) is 0.308. The SMILES string of the molecule is COCCN(CC(=O)N(Cc1ccccc1)Cc1ccc(C)o1)C(=O)Nc1ccc(C)cc1. The van der Waals surface area contributed by atoms with Gasteiger partial charge in [0.1, 0.15) is 18.1 Å². The standard InChI is InChI=1S/C26H31N3O4/c1-20-9-12-23(13-10-20)27-26(31)28(15-16-32-3)19-25(30)29(17-22-7-5-4-6-8-22)18-24-14-11-21(2)33-24/h4-14H,15-19H2,1-3H3,(H,27,31). The average Bonchev–Trinajstić information content (AvgIpc) is 3.22. The lowest BCUT2D eigenvalue weighted by Gasteiger charge is -2.27. The Hall–Kier alpha value is -3.58. The molecule has 1 aromatic heterocycles. The van der Waals surface area contributed by atoms with Crippen molar-refractivity contribution in [2.45, 2.75) is 26.9 Å². The number of rotatable bonds is 10. The molecule has 0 aliphatic rings. The van der Waals surface area contributed by atoms with Crippen molar-refractivity contribution < 1.29 is 18.7 Å². The molecule has 0 aliphatic carbocycles. The molecule has 0 saturated heterocycles. The summed E-state index contributed by atoms with van der Waals surface area (Å²) in [5.41, 5.74) is 2.78. The van der Waals surface area contributed by atoms with Crippen LogP contribution in [0.4, 0.5) is 10.5 Å². The third-order valence-corrected chi connectivity index (χ3v) is 5.19. The van der Waals surface area contributed by atoms with E-state index in [-0.39, 0.29) is 18.5 Å². The zero-order valence-corrected chi connectivity index (χ0v) is 19.4. The van der Waals surface area contributed by atoms with Crippen molar-refractivity contribution in [2.24, 2.45) is 0 Å². The van der Waals surface area contributed by atoms with Gasteiger partial charge in [0.05, 0.1) is 13.2 Å².